The van der Waals surface area contributed by atoms with E-state index >= 15 is 0 Å². The number of halogens is 1. The van der Waals surface area contributed by atoms with Gasteiger partial charge < -0.3 is 10.4 Å². The number of aromatic amines is 1. The van der Waals surface area contributed by atoms with Gasteiger partial charge in [0.1, 0.15) is 5.69 Å². The van der Waals surface area contributed by atoms with Crippen LogP contribution in [0.5, 0.6) is 0 Å². The molecule has 1 atom stereocenters. The van der Waals surface area contributed by atoms with E-state index in [0.29, 0.717) is 16.4 Å². The van der Waals surface area contributed by atoms with Gasteiger partial charge in [0, 0.05) is 12.1 Å². The smallest absolute Gasteiger partial charge is 0.269 e. The van der Waals surface area contributed by atoms with Crippen molar-refractivity contribution < 1.29 is 9.90 Å². The monoisotopic (exact) mass is 321 g/mol. The molecule has 0 fully saturated rings. The summed E-state index contributed by atoms with van der Waals surface area (Å²) in [5.41, 5.74) is 0.732. The van der Waals surface area contributed by atoms with Crippen molar-refractivity contribution in [3.8, 4) is 11.3 Å². The number of nitrogens with zero attached hydrogens (tertiary/aromatic N) is 1. The van der Waals surface area contributed by atoms with E-state index in [1.54, 1.807) is 19.1 Å². The van der Waals surface area contributed by atoms with Gasteiger partial charge in [-0.2, -0.15) is 5.10 Å². The Morgan fingerprint density at radius 3 is 2.77 bits per heavy atom. The van der Waals surface area contributed by atoms with E-state index in [-0.39, 0.29) is 18.4 Å². The van der Waals surface area contributed by atoms with Crippen LogP contribution in [-0.4, -0.2) is 33.4 Å². The molecule has 1 heterocycles. The van der Waals surface area contributed by atoms with Crippen molar-refractivity contribution in [3.63, 3.8) is 0 Å². The molecule has 0 saturated heterocycles. The molecule has 118 valence electrons. The second kappa shape index (κ2) is 6.50. The average Bonchev–Trinajstić information content (AvgIpc) is 2.95. The maximum absolute atomic E-state index is 12.1. The van der Waals surface area contributed by atoms with Gasteiger partial charge in [0.05, 0.1) is 16.3 Å². The van der Waals surface area contributed by atoms with Gasteiger partial charge >= 0.3 is 0 Å². The summed E-state index contributed by atoms with van der Waals surface area (Å²) in [5, 5.41) is 20.2. The summed E-state index contributed by atoms with van der Waals surface area (Å²) < 4.78 is 0. The summed E-state index contributed by atoms with van der Waals surface area (Å²) in [5.74, 6) is -0.278. The maximum Gasteiger partial charge on any atom is 0.269 e. The van der Waals surface area contributed by atoms with Crippen LogP contribution in [0, 0.1) is 5.92 Å². The summed E-state index contributed by atoms with van der Waals surface area (Å²) in [4.78, 5) is 12.1. The van der Waals surface area contributed by atoms with Crippen LogP contribution in [0.3, 0.4) is 0 Å². The van der Waals surface area contributed by atoms with Gasteiger partial charge in [0.25, 0.3) is 5.91 Å². The van der Waals surface area contributed by atoms with Crippen LogP contribution in [-0.2, 0) is 0 Å². The summed E-state index contributed by atoms with van der Waals surface area (Å²) in [6, 6.07) is 8.94. The number of carbonyl (C=O) groups excluding carboxylic acids is 1. The van der Waals surface area contributed by atoms with Gasteiger partial charge in [0.15, 0.2) is 0 Å². The Kier molecular flexibility index (Phi) is 4.88. The molecule has 3 N–H and O–H groups in total. The predicted octanol–water partition coefficient (Wildman–Crippen LogP) is 2.87. The summed E-state index contributed by atoms with van der Waals surface area (Å²) in [6.45, 7) is 5.67. The van der Waals surface area contributed by atoms with Crippen molar-refractivity contribution in [1.29, 1.82) is 0 Å². The minimum absolute atomic E-state index is 0.0354. The number of hydrogen-bond donors (Lipinski definition) is 3. The average molecular weight is 322 g/mol. The highest BCUT2D eigenvalue weighted by atomic mass is 35.5. The largest absolute Gasteiger partial charge is 0.388 e. The van der Waals surface area contributed by atoms with E-state index < -0.39 is 5.60 Å². The number of aromatic nitrogens is 2. The Morgan fingerprint density at radius 1 is 1.45 bits per heavy atom. The first-order valence-electron chi connectivity index (χ1n) is 7.12. The Balaban J connectivity index is 2.09. The van der Waals surface area contributed by atoms with Gasteiger partial charge in [-0.05, 0) is 25.0 Å². The fourth-order valence-corrected chi connectivity index (χ4v) is 2.04. The van der Waals surface area contributed by atoms with E-state index in [1.807, 2.05) is 32.0 Å². The molecule has 22 heavy (non-hydrogen) atoms. The van der Waals surface area contributed by atoms with Crippen LogP contribution in [0.1, 0.15) is 31.3 Å². The molecule has 0 saturated carbocycles. The highest BCUT2D eigenvalue weighted by molar-refractivity contribution is 6.33. The van der Waals surface area contributed by atoms with Crippen molar-refractivity contribution in [2.45, 2.75) is 26.4 Å². The van der Waals surface area contributed by atoms with Gasteiger partial charge in [-0.3, -0.25) is 9.89 Å². The normalized spacial score (nSPS) is 13.9. The molecular weight excluding hydrogens is 302 g/mol. The third-order valence-corrected chi connectivity index (χ3v) is 4.15. The lowest BCUT2D eigenvalue weighted by Crippen LogP contribution is -2.44. The second-order valence-corrected chi connectivity index (χ2v) is 6.25. The fourth-order valence-electron chi connectivity index (χ4n) is 1.80. The van der Waals surface area contributed by atoms with Gasteiger partial charge in [-0.25, -0.2) is 0 Å². The molecule has 5 nitrogen and oxygen atoms in total. The third-order valence-electron chi connectivity index (χ3n) is 3.82. The summed E-state index contributed by atoms with van der Waals surface area (Å²) >= 11 is 6.12. The second-order valence-electron chi connectivity index (χ2n) is 5.84. The van der Waals surface area contributed by atoms with Crippen LogP contribution in [0.2, 0.25) is 5.02 Å². The Hall–Kier alpha value is -1.85. The zero-order valence-electron chi connectivity index (χ0n) is 12.9. The first-order valence-corrected chi connectivity index (χ1v) is 7.50. The molecule has 2 rings (SSSR count). The number of rotatable bonds is 5. The Bertz CT molecular complexity index is 665. The zero-order chi connectivity index (χ0) is 16.3. The molecule has 0 aliphatic rings. The first-order chi connectivity index (χ1) is 10.3. The maximum atomic E-state index is 12.1. The zero-order valence-corrected chi connectivity index (χ0v) is 13.6. The highest BCUT2D eigenvalue weighted by Gasteiger charge is 2.26. The number of nitrogens with one attached hydrogen (secondary N) is 2. The van der Waals surface area contributed by atoms with Crippen molar-refractivity contribution in [1.82, 2.24) is 15.5 Å². The summed E-state index contributed by atoms with van der Waals surface area (Å²) in [6.07, 6.45) is 0. The van der Waals surface area contributed by atoms with Crippen molar-refractivity contribution in [2.24, 2.45) is 5.92 Å². The lowest BCUT2D eigenvalue weighted by atomic mass is 9.92. The molecule has 1 unspecified atom stereocenters. The minimum atomic E-state index is -0.957. The van der Waals surface area contributed by atoms with Crippen LogP contribution in [0.4, 0.5) is 0 Å². The highest BCUT2D eigenvalue weighted by Crippen LogP contribution is 2.26. The lowest BCUT2D eigenvalue weighted by molar-refractivity contribution is 0.0142. The fraction of sp³-hybridized carbons (Fsp3) is 0.375. The minimum Gasteiger partial charge on any atom is -0.388 e. The molecule has 0 bridgehead atoms. The van der Waals surface area contributed by atoms with E-state index in [2.05, 4.69) is 15.5 Å². The molecule has 0 aliphatic heterocycles. The topological polar surface area (TPSA) is 78.0 Å². The van der Waals surface area contributed by atoms with Gasteiger partial charge in [-0.1, -0.05) is 43.6 Å². The molecule has 0 aliphatic carbocycles. The molecular formula is C16H20ClN3O2. The Morgan fingerprint density at radius 2 is 2.14 bits per heavy atom. The molecule has 2 aromatic rings. The van der Waals surface area contributed by atoms with E-state index in [0.717, 1.165) is 5.56 Å². The lowest BCUT2D eigenvalue weighted by Gasteiger charge is -2.27. The molecule has 0 spiro atoms. The third kappa shape index (κ3) is 3.67. The van der Waals surface area contributed by atoms with Crippen LogP contribution < -0.4 is 5.32 Å². The Labute approximate surface area is 134 Å². The van der Waals surface area contributed by atoms with Crippen molar-refractivity contribution in [3.05, 3.63) is 41.0 Å². The van der Waals surface area contributed by atoms with E-state index in [4.69, 9.17) is 11.6 Å². The van der Waals surface area contributed by atoms with E-state index in [1.165, 1.54) is 0 Å². The molecule has 0 radical (unpaired) electrons. The van der Waals surface area contributed by atoms with Gasteiger partial charge in [-0.15, -0.1) is 0 Å². The van der Waals surface area contributed by atoms with Crippen molar-refractivity contribution in [2.75, 3.05) is 6.54 Å². The molecule has 1 aromatic carbocycles. The number of hydrogen-bond acceptors (Lipinski definition) is 3. The number of benzene rings is 1. The van der Waals surface area contributed by atoms with Crippen LogP contribution in [0.25, 0.3) is 11.3 Å². The quantitative estimate of drug-likeness (QED) is 0.792. The number of carbonyl (C=O) groups is 1. The van der Waals surface area contributed by atoms with E-state index in [9.17, 15) is 9.90 Å². The number of aliphatic hydroxyl groups is 1. The van der Waals surface area contributed by atoms with Gasteiger partial charge in [0.2, 0.25) is 0 Å². The summed E-state index contributed by atoms with van der Waals surface area (Å²) in [7, 11) is 0. The standard InChI is InChI=1S/C16H20ClN3O2/c1-10(2)16(3,22)9-18-15(21)14-8-13(19-20-14)11-6-4-5-7-12(11)17/h4-8,10,22H,9H2,1-3H3,(H,18,21)(H,19,20). The van der Waals surface area contributed by atoms with Crippen molar-refractivity contribution >= 4 is 17.5 Å². The van der Waals surface area contributed by atoms with Crippen LogP contribution in [0.15, 0.2) is 30.3 Å². The number of amides is 1. The molecule has 1 aromatic heterocycles. The molecule has 1 amide bonds. The predicted molar refractivity (Wildman–Crippen MR) is 86.8 cm³/mol. The number of H-pyrrole nitrogens is 1. The molecule has 6 heteroatoms. The SMILES string of the molecule is CC(C)C(C)(O)CNC(=O)c1cc(-c2ccccc2Cl)n[nH]1. The van der Waals surface area contributed by atoms with Crippen LogP contribution >= 0.6 is 11.6 Å². The first kappa shape index (κ1) is 16.5.